The second kappa shape index (κ2) is 6.87. The quantitative estimate of drug-likeness (QED) is 0.878. The molecule has 2 rings (SSSR count). The summed E-state index contributed by atoms with van der Waals surface area (Å²) in [5.41, 5.74) is 1.34. The predicted molar refractivity (Wildman–Crippen MR) is 80.3 cm³/mol. The standard InChI is InChI=1S/C15H26N4/c1-13(2)11-18-6-8-19(9-7-18)12-14-4-5-17-15(10-14)16-3/h4-5,10,13H,6-9,11-12H2,1-3H3,(H,16,17). The van der Waals surface area contributed by atoms with E-state index in [4.69, 9.17) is 0 Å². The molecule has 19 heavy (non-hydrogen) atoms. The summed E-state index contributed by atoms with van der Waals surface area (Å²) in [6.07, 6.45) is 1.89. The topological polar surface area (TPSA) is 31.4 Å². The van der Waals surface area contributed by atoms with E-state index in [-0.39, 0.29) is 0 Å². The highest BCUT2D eigenvalue weighted by atomic mass is 15.3. The number of nitrogens with zero attached hydrogens (tertiary/aromatic N) is 3. The fraction of sp³-hybridized carbons (Fsp3) is 0.667. The Labute approximate surface area is 116 Å². The van der Waals surface area contributed by atoms with Crippen molar-refractivity contribution < 1.29 is 0 Å². The molecule has 0 aliphatic carbocycles. The maximum Gasteiger partial charge on any atom is 0.125 e. The van der Waals surface area contributed by atoms with Crippen LogP contribution in [0.15, 0.2) is 18.3 Å². The van der Waals surface area contributed by atoms with E-state index in [0.29, 0.717) is 0 Å². The Balaban J connectivity index is 1.81. The second-order valence-corrected chi connectivity index (χ2v) is 5.77. The van der Waals surface area contributed by atoms with E-state index in [1.54, 1.807) is 0 Å². The fourth-order valence-electron chi connectivity index (χ4n) is 2.61. The number of anilines is 1. The Hall–Kier alpha value is -1.13. The first-order valence-corrected chi connectivity index (χ1v) is 7.25. The molecule has 1 aromatic heterocycles. The molecule has 0 unspecified atom stereocenters. The van der Waals surface area contributed by atoms with Gasteiger partial charge in [0.25, 0.3) is 0 Å². The van der Waals surface area contributed by atoms with E-state index in [0.717, 1.165) is 18.3 Å². The normalized spacial score (nSPS) is 17.9. The maximum atomic E-state index is 4.26. The first kappa shape index (κ1) is 14.3. The van der Waals surface area contributed by atoms with E-state index in [1.165, 1.54) is 38.3 Å². The number of aromatic nitrogens is 1. The summed E-state index contributed by atoms with van der Waals surface area (Å²) in [5, 5.41) is 3.10. The number of hydrogen-bond donors (Lipinski definition) is 1. The van der Waals surface area contributed by atoms with Crippen molar-refractivity contribution in [2.75, 3.05) is 45.1 Å². The molecule has 106 valence electrons. The van der Waals surface area contributed by atoms with Crippen molar-refractivity contribution in [3.8, 4) is 0 Å². The molecule has 4 heteroatoms. The van der Waals surface area contributed by atoms with Gasteiger partial charge in [0.2, 0.25) is 0 Å². The molecule has 0 bridgehead atoms. The minimum atomic E-state index is 0.768. The van der Waals surface area contributed by atoms with Crippen molar-refractivity contribution >= 4 is 5.82 Å². The zero-order chi connectivity index (χ0) is 13.7. The highest BCUT2D eigenvalue weighted by Gasteiger charge is 2.17. The van der Waals surface area contributed by atoms with Gasteiger partial charge in [-0.3, -0.25) is 4.90 Å². The van der Waals surface area contributed by atoms with Gasteiger partial charge in [0.05, 0.1) is 0 Å². The predicted octanol–water partition coefficient (Wildman–Crippen LogP) is 1.90. The van der Waals surface area contributed by atoms with Crippen LogP contribution in [0.2, 0.25) is 0 Å². The Kier molecular flexibility index (Phi) is 5.16. The summed E-state index contributed by atoms with van der Waals surface area (Å²) >= 11 is 0. The lowest BCUT2D eigenvalue weighted by Gasteiger charge is -2.35. The highest BCUT2D eigenvalue weighted by Crippen LogP contribution is 2.12. The summed E-state index contributed by atoms with van der Waals surface area (Å²) < 4.78 is 0. The molecular formula is C15H26N4. The molecule has 0 radical (unpaired) electrons. The number of rotatable bonds is 5. The largest absolute Gasteiger partial charge is 0.373 e. The van der Waals surface area contributed by atoms with E-state index >= 15 is 0 Å². The van der Waals surface area contributed by atoms with Gasteiger partial charge in [-0.1, -0.05) is 13.8 Å². The summed E-state index contributed by atoms with van der Waals surface area (Å²) in [5.74, 6) is 1.72. The number of nitrogens with one attached hydrogen (secondary N) is 1. The van der Waals surface area contributed by atoms with Crippen LogP contribution in [-0.4, -0.2) is 54.6 Å². The smallest absolute Gasteiger partial charge is 0.125 e. The monoisotopic (exact) mass is 262 g/mol. The lowest BCUT2D eigenvalue weighted by molar-refractivity contribution is 0.117. The molecule has 1 aromatic rings. The molecule has 0 amide bonds. The molecule has 0 saturated carbocycles. The summed E-state index contributed by atoms with van der Waals surface area (Å²) in [4.78, 5) is 9.37. The van der Waals surface area contributed by atoms with Gasteiger partial charge in [0, 0.05) is 52.5 Å². The van der Waals surface area contributed by atoms with Gasteiger partial charge in [-0.05, 0) is 23.6 Å². The maximum absolute atomic E-state index is 4.26. The van der Waals surface area contributed by atoms with Crippen molar-refractivity contribution in [2.45, 2.75) is 20.4 Å². The van der Waals surface area contributed by atoms with Crippen molar-refractivity contribution in [3.63, 3.8) is 0 Å². The van der Waals surface area contributed by atoms with Crippen LogP contribution in [0, 0.1) is 5.92 Å². The van der Waals surface area contributed by atoms with Crippen molar-refractivity contribution in [3.05, 3.63) is 23.9 Å². The van der Waals surface area contributed by atoms with E-state index < -0.39 is 0 Å². The number of piperazine rings is 1. The van der Waals surface area contributed by atoms with Gasteiger partial charge in [0.1, 0.15) is 5.82 Å². The second-order valence-electron chi connectivity index (χ2n) is 5.77. The Morgan fingerprint density at radius 3 is 2.53 bits per heavy atom. The zero-order valence-electron chi connectivity index (χ0n) is 12.4. The minimum Gasteiger partial charge on any atom is -0.373 e. The van der Waals surface area contributed by atoms with Gasteiger partial charge in [-0.2, -0.15) is 0 Å². The first-order chi connectivity index (χ1) is 9.17. The molecule has 0 spiro atoms. The molecule has 1 aliphatic heterocycles. The Morgan fingerprint density at radius 1 is 1.21 bits per heavy atom. The van der Waals surface area contributed by atoms with E-state index in [9.17, 15) is 0 Å². The van der Waals surface area contributed by atoms with Gasteiger partial charge in [0.15, 0.2) is 0 Å². The van der Waals surface area contributed by atoms with E-state index in [1.807, 2.05) is 13.2 Å². The molecule has 2 heterocycles. The van der Waals surface area contributed by atoms with Gasteiger partial charge >= 0.3 is 0 Å². The molecule has 1 aliphatic rings. The van der Waals surface area contributed by atoms with E-state index in [2.05, 4.69) is 46.1 Å². The molecule has 1 N–H and O–H groups in total. The molecular weight excluding hydrogens is 236 g/mol. The van der Waals surface area contributed by atoms with Crippen LogP contribution < -0.4 is 5.32 Å². The third-order valence-electron chi connectivity index (χ3n) is 3.57. The van der Waals surface area contributed by atoms with Crippen LogP contribution in [0.1, 0.15) is 19.4 Å². The van der Waals surface area contributed by atoms with Crippen LogP contribution >= 0.6 is 0 Å². The van der Waals surface area contributed by atoms with Crippen molar-refractivity contribution in [1.82, 2.24) is 14.8 Å². The molecule has 4 nitrogen and oxygen atoms in total. The third-order valence-corrected chi connectivity index (χ3v) is 3.57. The Bertz CT molecular complexity index is 383. The van der Waals surface area contributed by atoms with Crippen LogP contribution in [0.5, 0.6) is 0 Å². The van der Waals surface area contributed by atoms with Crippen LogP contribution in [0.25, 0.3) is 0 Å². The lowest BCUT2D eigenvalue weighted by atomic mass is 10.1. The molecule has 1 saturated heterocycles. The number of pyridine rings is 1. The van der Waals surface area contributed by atoms with Gasteiger partial charge in [-0.25, -0.2) is 4.98 Å². The minimum absolute atomic E-state index is 0.768. The molecule has 0 atom stereocenters. The van der Waals surface area contributed by atoms with Crippen molar-refractivity contribution in [2.24, 2.45) is 5.92 Å². The third kappa shape index (κ3) is 4.48. The molecule has 1 fully saturated rings. The highest BCUT2D eigenvalue weighted by molar-refractivity contribution is 5.36. The Morgan fingerprint density at radius 2 is 1.89 bits per heavy atom. The fourth-order valence-corrected chi connectivity index (χ4v) is 2.61. The van der Waals surface area contributed by atoms with Crippen molar-refractivity contribution in [1.29, 1.82) is 0 Å². The summed E-state index contributed by atoms with van der Waals surface area (Å²) in [7, 11) is 1.91. The van der Waals surface area contributed by atoms with Gasteiger partial charge < -0.3 is 10.2 Å². The SMILES string of the molecule is CNc1cc(CN2CCN(CC(C)C)CC2)ccn1. The van der Waals surface area contributed by atoms with Gasteiger partial charge in [-0.15, -0.1) is 0 Å². The average Bonchev–Trinajstić information content (AvgIpc) is 2.41. The summed E-state index contributed by atoms with van der Waals surface area (Å²) in [6.45, 7) is 11.6. The zero-order valence-corrected chi connectivity index (χ0v) is 12.4. The lowest BCUT2D eigenvalue weighted by Crippen LogP contribution is -2.46. The van der Waals surface area contributed by atoms with Crippen LogP contribution in [0.4, 0.5) is 5.82 Å². The molecule has 0 aromatic carbocycles. The van der Waals surface area contributed by atoms with Crippen LogP contribution in [0.3, 0.4) is 0 Å². The summed E-state index contributed by atoms with van der Waals surface area (Å²) in [6, 6.07) is 4.25. The number of hydrogen-bond acceptors (Lipinski definition) is 4. The van der Waals surface area contributed by atoms with Crippen LogP contribution in [-0.2, 0) is 6.54 Å². The first-order valence-electron chi connectivity index (χ1n) is 7.25. The average molecular weight is 262 g/mol.